The molecule has 1 aromatic carbocycles. The minimum Gasteiger partial charge on any atom is -0.378 e. The predicted molar refractivity (Wildman–Crippen MR) is 109 cm³/mol. The zero-order valence-electron chi connectivity index (χ0n) is 15.9. The molecule has 3 heterocycles. The van der Waals surface area contributed by atoms with Crippen LogP contribution in [0.5, 0.6) is 0 Å². The lowest BCUT2D eigenvalue weighted by Crippen LogP contribution is -2.41. The second-order valence-corrected chi connectivity index (χ2v) is 8.04. The second kappa shape index (κ2) is 8.43. The van der Waals surface area contributed by atoms with E-state index in [1.807, 2.05) is 37.3 Å². The summed E-state index contributed by atoms with van der Waals surface area (Å²) in [6, 6.07) is 9.96. The first-order valence-corrected chi connectivity index (χ1v) is 10.4. The van der Waals surface area contributed by atoms with Crippen molar-refractivity contribution in [1.29, 1.82) is 0 Å². The number of hydrogen-bond donors (Lipinski definition) is 1. The Morgan fingerprint density at radius 3 is 2.57 bits per heavy atom. The number of rotatable bonds is 4. The molecule has 1 atom stereocenters. The summed E-state index contributed by atoms with van der Waals surface area (Å²) in [4.78, 5) is 28.7. The highest BCUT2D eigenvalue weighted by Gasteiger charge is 2.30. The topological polar surface area (TPSA) is 67.9 Å². The molecule has 1 N–H and O–H groups in total. The third-order valence-electron chi connectivity index (χ3n) is 5.15. The molecule has 0 saturated carbocycles. The zero-order chi connectivity index (χ0) is 19.5. The molecular weight excluding hydrogens is 376 g/mol. The largest absolute Gasteiger partial charge is 0.378 e. The Morgan fingerprint density at radius 2 is 1.89 bits per heavy atom. The first kappa shape index (κ1) is 19.1. The van der Waals surface area contributed by atoms with Gasteiger partial charge in [0.1, 0.15) is 11.1 Å². The van der Waals surface area contributed by atoms with E-state index in [1.165, 1.54) is 11.3 Å². The summed E-state index contributed by atoms with van der Waals surface area (Å²) in [5.41, 5.74) is 2.52. The fourth-order valence-corrected chi connectivity index (χ4v) is 4.83. The molecule has 2 aliphatic heterocycles. The lowest BCUT2D eigenvalue weighted by Gasteiger charge is -2.27. The van der Waals surface area contributed by atoms with E-state index in [9.17, 15) is 9.59 Å². The van der Waals surface area contributed by atoms with Gasteiger partial charge in [0.2, 0.25) is 0 Å². The molecule has 2 amide bonds. The summed E-state index contributed by atoms with van der Waals surface area (Å²) < 4.78 is 10.9. The Hall–Kier alpha value is -2.22. The van der Waals surface area contributed by atoms with Crippen molar-refractivity contribution in [1.82, 2.24) is 4.90 Å². The Labute approximate surface area is 168 Å². The van der Waals surface area contributed by atoms with Crippen LogP contribution in [-0.4, -0.2) is 55.7 Å². The zero-order valence-corrected chi connectivity index (χ0v) is 16.7. The predicted octanol–water partition coefficient (Wildman–Crippen LogP) is 3.31. The summed E-state index contributed by atoms with van der Waals surface area (Å²) >= 11 is 1.45. The van der Waals surface area contributed by atoms with Crippen molar-refractivity contribution in [3.05, 3.63) is 41.5 Å². The quantitative estimate of drug-likeness (QED) is 0.855. The first-order chi connectivity index (χ1) is 13.6. The van der Waals surface area contributed by atoms with Gasteiger partial charge in [-0.1, -0.05) is 30.3 Å². The van der Waals surface area contributed by atoms with Crippen LogP contribution in [0.4, 0.5) is 5.00 Å². The number of carbonyl (C=O) groups excluding carboxylic acids is 2. The molecule has 2 aliphatic rings. The Morgan fingerprint density at radius 1 is 1.14 bits per heavy atom. The van der Waals surface area contributed by atoms with Gasteiger partial charge in [-0.25, -0.2) is 0 Å². The van der Waals surface area contributed by atoms with Crippen molar-refractivity contribution in [3.8, 4) is 10.4 Å². The fourth-order valence-electron chi connectivity index (χ4n) is 3.63. The molecule has 6 nitrogen and oxygen atoms in total. The van der Waals surface area contributed by atoms with Gasteiger partial charge >= 0.3 is 0 Å². The van der Waals surface area contributed by atoms with Crippen molar-refractivity contribution >= 4 is 28.2 Å². The van der Waals surface area contributed by atoms with E-state index in [0.717, 1.165) is 22.4 Å². The van der Waals surface area contributed by atoms with Crippen molar-refractivity contribution in [2.75, 3.05) is 38.2 Å². The lowest BCUT2D eigenvalue weighted by atomic mass is 10.1. The van der Waals surface area contributed by atoms with Crippen LogP contribution in [0.1, 0.15) is 28.8 Å². The average Bonchev–Trinajstić information content (AvgIpc) is 3.37. The van der Waals surface area contributed by atoms with Gasteiger partial charge in [0.25, 0.3) is 11.8 Å². The monoisotopic (exact) mass is 400 g/mol. The number of nitrogens with zero attached hydrogens (tertiary/aromatic N) is 1. The van der Waals surface area contributed by atoms with Crippen LogP contribution in [0.2, 0.25) is 0 Å². The van der Waals surface area contributed by atoms with Crippen LogP contribution in [0.3, 0.4) is 0 Å². The van der Waals surface area contributed by atoms with Gasteiger partial charge in [-0.2, -0.15) is 0 Å². The first-order valence-electron chi connectivity index (χ1n) is 9.63. The molecule has 0 spiro atoms. The van der Waals surface area contributed by atoms with E-state index in [-0.39, 0.29) is 11.8 Å². The van der Waals surface area contributed by atoms with E-state index >= 15 is 0 Å². The van der Waals surface area contributed by atoms with Gasteiger partial charge in [0.15, 0.2) is 0 Å². The maximum atomic E-state index is 13.3. The highest BCUT2D eigenvalue weighted by molar-refractivity contribution is 7.20. The van der Waals surface area contributed by atoms with Crippen molar-refractivity contribution < 1.29 is 19.1 Å². The molecule has 28 heavy (non-hydrogen) atoms. The molecule has 2 saturated heterocycles. The Bertz CT molecular complexity index is 853. The number of benzene rings is 1. The number of thiophene rings is 1. The van der Waals surface area contributed by atoms with E-state index in [0.29, 0.717) is 49.9 Å². The van der Waals surface area contributed by atoms with Gasteiger partial charge < -0.3 is 19.7 Å². The number of morpholine rings is 1. The third kappa shape index (κ3) is 3.83. The maximum Gasteiger partial charge on any atom is 0.257 e. The molecule has 148 valence electrons. The minimum atomic E-state index is -0.436. The number of carbonyl (C=O) groups is 2. The lowest BCUT2D eigenvalue weighted by molar-refractivity contribution is -0.124. The molecule has 2 fully saturated rings. The number of anilines is 1. The summed E-state index contributed by atoms with van der Waals surface area (Å²) in [6.07, 6.45) is 1.17. The number of amides is 2. The van der Waals surface area contributed by atoms with Crippen LogP contribution in [0.15, 0.2) is 30.3 Å². The summed E-state index contributed by atoms with van der Waals surface area (Å²) in [7, 11) is 0. The van der Waals surface area contributed by atoms with Crippen LogP contribution < -0.4 is 5.32 Å². The van der Waals surface area contributed by atoms with E-state index in [1.54, 1.807) is 4.90 Å². The molecule has 4 rings (SSSR count). The maximum absolute atomic E-state index is 13.3. The highest BCUT2D eigenvalue weighted by atomic mass is 32.1. The van der Waals surface area contributed by atoms with Gasteiger partial charge in [-0.3, -0.25) is 9.59 Å². The SMILES string of the molecule is Cc1c(-c2ccccc2)sc(NC(=O)[C@H]2CCCO2)c1C(=O)N1CCOCC1. The van der Waals surface area contributed by atoms with E-state index in [2.05, 4.69) is 5.32 Å². The highest BCUT2D eigenvalue weighted by Crippen LogP contribution is 2.40. The molecule has 0 unspecified atom stereocenters. The van der Waals surface area contributed by atoms with Crippen molar-refractivity contribution in [2.24, 2.45) is 0 Å². The summed E-state index contributed by atoms with van der Waals surface area (Å²) in [6.45, 7) is 4.77. The average molecular weight is 401 g/mol. The molecule has 0 aliphatic carbocycles. The molecular formula is C21H24N2O4S. The van der Waals surface area contributed by atoms with Gasteiger partial charge in [-0.05, 0) is 30.9 Å². The van der Waals surface area contributed by atoms with Crippen LogP contribution in [-0.2, 0) is 14.3 Å². The molecule has 1 aromatic heterocycles. The molecule has 2 aromatic rings. The standard InChI is InChI=1S/C21H24N2O4S/c1-14-17(21(25)23-9-12-26-13-10-23)20(22-19(24)16-8-5-11-27-16)28-18(14)15-6-3-2-4-7-15/h2-4,6-7,16H,5,8-13H2,1H3,(H,22,24)/t16-/m1/s1. The second-order valence-electron chi connectivity index (χ2n) is 7.02. The molecule has 7 heteroatoms. The number of ether oxygens (including phenoxy) is 2. The van der Waals surface area contributed by atoms with Gasteiger partial charge in [0, 0.05) is 24.6 Å². The Balaban J connectivity index is 1.69. The summed E-state index contributed by atoms with van der Waals surface area (Å²) in [5, 5.41) is 3.58. The number of hydrogen-bond acceptors (Lipinski definition) is 5. The van der Waals surface area contributed by atoms with Crippen LogP contribution in [0.25, 0.3) is 10.4 Å². The van der Waals surface area contributed by atoms with E-state index < -0.39 is 6.10 Å². The fraction of sp³-hybridized carbons (Fsp3) is 0.429. The van der Waals surface area contributed by atoms with Gasteiger partial charge in [-0.15, -0.1) is 11.3 Å². The Kier molecular flexibility index (Phi) is 5.75. The number of nitrogens with one attached hydrogen (secondary N) is 1. The molecule has 0 bridgehead atoms. The van der Waals surface area contributed by atoms with Crippen LogP contribution >= 0.6 is 11.3 Å². The minimum absolute atomic E-state index is 0.0538. The molecule has 0 radical (unpaired) electrons. The third-order valence-corrected chi connectivity index (χ3v) is 6.41. The smallest absolute Gasteiger partial charge is 0.257 e. The normalized spacial score (nSPS) is 19.6. The van der Waals surface area contributed by atoms with Crippen molar-refractivity contribution in [3.63, 3.8) is 0 Å². The van der Waals surface area contributed by atoms with E-state index in [4.69, 9.17) is 9.47 Å². The van der Waals surface area contributed by atoms with Gasteiger partial charge in [0.05, 0.1) is 18.8 Å². The van der Waals surface area contributed by atoms with Crippen molar-refractivity contribution in [2.45, 2.75) is 25.9 Å². The summed E-state index contributed by atoms with van der Waals surface area (Å²) in [5.74, 6) is -0.226. The van der Waals surface area contributed by atoms with Crippen LogP contribution in [0, 0.1) is 6.92 Å².